The van der Waals surface area contributed by atoms with Gasteiger partial charge < -0.3 is 34.6 Å². The molecule has 3 N–H and O–H groups in total. The van der Waals surface area contributed by atoms with Gasteiger partial charge >= 0.3 is 12.1 Å². The normalized spacial score (nSPS) is 20.2. The Morgan fingerprint density at radius 3 is 2.00 bits per heavy atom. The van der Waals surface area contributed by atoms with E-state index in [1.165, 1.54) is 13.4 Å². The lowest BCUT2D eigenvalue weighted by molar-refractivity contribution is -0.161. The van der Waals surface area contributed by atoms with Gasteiger partial charge in [-0.1, -0.05) is 121 Å². The molecule has 1 aliphatic carbocycles. The van der Waals surface area contributed by atoms with E-state index in [9.17, 15) is 14.4 Å². The van der Waals surface area contributed by atoms with E-state index >= 15 is 0 Å². The fourth-order valence-electron chi connectivity index (χ4n) is 8.82. The monoisotopic (exact) mass is 855 g/mol. The fraction of sp³-hybridized carbons (Fsp3) is 0.319. The molecule has 14 nitrogen and oxygen atoms in total. The number of fused-ring (bicyclic) bond motifs is 2. The van der Waals surface area contributed by atoms with Crippen LogP contribution in [0.4, 0.5) is 10.6 Å². The number of ether oxygens (including phenoxy) is 4. The first-order valence-electron chi connectivity index (χ1n) is 20.7. The quantitative estimate of drug-likeness (QED) is 0.0860. The molecule has 1 saturated carbocycles. The van der Waals surface area contributed by atoms with E-state index in [0.29, 0.717) is 29.8 Å². The molecule has 2 aliphatic rings. The fourth-order valence-corrected chi connectivity index (χ4v) is 12.3. The molecule has 62 heavy (non-hydrogen) atoms. The lowest BCUT2D eigenvalue weighted by atomic mass is 9.87. The summed E-state index contributed by atoms with van der Waals surface area (Å²) in [5, 5.41) is 5.82. The van der Waals surface area contributed by atoms with Crippen molar-refractivity contribution in [3.05, 3.63) is 140 Å². The van der Waals surface area contributed by atoms with E-state index in [2.05, 4.69) is 41.7 Å². The Balaban J connectivity index is 1.08. The Kier molecular flexibility index (Phi) is 12.6. The standard InChI is InChI=1S/C47H50N7O7P/c1-47(2)60-40-33(26-32(42(48)55)24-25-37(45(56)58-3)52-46(57)59-28-31-16-8-4-9-17-31)27-38(41(40)61-47)54-30-51-39-43(49-29-50-44(39)54)53-62(34-18-10-5-11-19-34,35-20-12-6-13-21-35)36-22-14-7-15-23-36/h4-23,29-30,32-33,37-38,40-41H,24-28H2,1-3H3,(H2,48,55)(H,52,57)/t32?,33?,37-,38+,40+,41-/m0/s1. The predicted molar refractivity (Wildman–Crippen MR) is 236 cm³/mol. The van der Waals surface area contributed by atoms with Gasteiger partial charge in [-0.3, -0.25) is 4.79 Å². The largest absolute Gasteiger partial charge is 0.467 e. The lowest BCUT2D eigenvalue weighted by Crippen LogP contribution is -2.42. The molecule has 4 aromatic carbocycles. The molecule has 1 aliphatic heterocycles. The molecular weight excluding hydrogens is 806 g/mol. The van der Waals surface area contributed by atoms with Gasteiger partial charge in [0.2, 0.25) is 5.91 Å². The molecular formula is C47H50N7O7P. The summed E-state index contributed by atoms with van der Waals surface area (Å²) in [4.78, 5) is 53.1. The van der Waals surface area contributed by atoms with Crippen LogP contribution in [0.5, 0.6) is 0 Å². The molecule has 2 fully saturated rings. The highest BCUT2D eigenvalue weighted by molar-refractivity contribution is 7.87. The van der Waals surface area contributed by atoms with Gasteiger partial charge in [0.05, 0.1) is 32.6 Å². The van der Waals surface area contributed by atoms with Crippen molar-refractivity contribution >= 4 is 57.9 Å². The number of rotatable bonds is 15. The number of methoxy groups -OCH3 is 1. The Morgan fingerprint density at radius 2 is 1.42 bits per heavy atom. The number of alkyl carbamates (subject to hydrolysis) is 1. The first-order chi connectivity index (χ1) is 30.1. The van der Waals surface area contributed by atoms with Crippen LogP contribution in [-0.4, -0.2) is 68.6 Å². The number of hydrogen-bond acceptors (Lipinski definition) is 11. The van der Waals surface area contributed by atoms with Gasteiger partial charge in [-0.05, 0) is 51.0 Å². The highest BCUT2D eigenvalue weighted by Gasteiger charge is 2.55. The van der Waals surface area contributed by atoms with Crippen LogP contribution in [0.3, 0.4) is 0 Å². The van der Waals surface area contributed by atoms with Crippen molar-refractivity contribution in [3.63, 3.8) is 0 Å². The van der Waals surface area contributed by atoms with Crippen molar-refractivity contribution < 1.29 is 33.3 Å². The van der Waals surface area contributed by atoms with Crippen molar-refractivity contribution in [2.75, 3.05) is 7.11 Å². The summed E-state index contributed by atoms with van der Waals surface area (Å²) in [5.74, 6) is -2.42. The van der Waals surface area contributed by atoms with Gasteiger partial charge in [0.25, 0.3) is 0 Å². The molecule has 0 bridgehead atoms. The van der Waals surface area contributed by atoms with Crippen molar-refractivity contribution in [3.8, 4) is 0 Å². The minimum Gasteiger partial charge on any atom is -0.467 e. The molecule has 0 radical (unpaired) electrons. The van der Waals surface area contributed by atoms with Crippen molar-refractivity contribution in [2.45, 2.75) is 76.2 Å². The maximum Gasteiger partial charge on any atom is 0.408 e. The maximum atomic E-state index is 13.1. The second-order valence-corrected chi connectivity index (χ2v) is 19.1. The third-order valence-corrected chi connectivity index (χ3v) is 15.3. The van der Waals surface area contributed by atoms with E-state index in [0.717, 1.165) is 21.5 Å². The van der Waals surface area contributed by atoms with Gasteiger partial charge in [-0.15, -0.1) is 0 Å². The second-order valence-electron chi connectivity index (χ2n) is 16.1. The molecule has 3 heterocycles. The smallest absolute Gasteiger partial charge is 0.408 e. The van der Waals surface area contributed by atoms with E-state index in [4.69, 9.17) is 44.4 Å². The van der Waals surface area contributed by atoms with Crippen molar-refractivity contribution in [1.29, 1.82) is 0 Å². The molecule has 2 amide bonds. The molecule has 0 spiro atoms. The van der Waals surface area contributed by atoms with Crippen LogP contribution in [-0.2, 0) is 35.1 Å². The number of carbonyl (C=O) groups is 3. The number of esters is 1. The Hall–Kier alpha value is -6.21. The molecule has 6 aromatic rings. The summed E-state index contributed by atoms with van der Waals surface area (Å²) in [6.07, 6.45) is 2.97. The van der Waals surface area contributed by atoms with E-state index < -0.39 is 48.9 Å². The van der Waals surface area contributed by atoms with Gasteiger partial charge in [-0.2, -0.15) is 0 Å². The zero-order chi connectivity index (χ0) is 43.3. The Bertz CT molecular complexity index is 2460. The number of benzene rings is 4. The van der Waals surface area contributed by atoms with Crippen LogP contribution >= 0.6 is 7.05 Å². The summed E-state index contributed by atoms with van der Waals surface area (Å²) in [5.41, 5.74) is 7.98. The van der Waals surface area contributed by atoms with Crippen LogP contribution in [0.1, 0.15) is 51.1 Å². The SMILES string of the molecule is COC(=O)[C@H](CCC(CC1C[C@@H](n2cnc3c(N=P(c4ccccc4)(c4ccccc4)c4ccccc4)ncnc32)[C@@H]2OC(C)(C)O[C@H]12)C(N)=O)NC(=O)OCc1ccccc1. The molecule has 1 saturated heterocycles. The number of aromatic nitrogens is 4. The van der Waals surface area contributed by atoms with Crippen LogP contribution in [0.15, 0.2) is 139 Å². The summed E-state index contributed by atoms with van der Waals surface area (Å²) >= 11 is 0. The molecule has 2 unspecified atom stereocenters. The Morgan fingerprint density at radius 1 is 0.839 bits per heavy atom. The number of hydrogen-bond donors (Lipinski definition) is 2. The molecule has 6 atom stereocenters. The van der Waals surface area contributed by atoms with Crippen LogP contribution in [0.2, 0.25) is 0 Å². The van der Waals surface area contributed by atoms with E-state index in [-0.39, 0.29) is 37.5 Å². The van der Waals surface area contributed by atoms with Gasteiger partial charge in [-0.25, -0.2) is 29.3 Å². The maximum absolute atomic E-state index is 13.1. The van der Waals surface area contributed by atoms with Gasteiger partial charge in [0.15, 0.2) is 22.8 Å². The summed E-state index contributed by atoms with van der Waals surface area (Å²) in [6.45, 7) is 3.78. The summed E-state index contributed by atoms with van der Waals surface area (Å²) < 4.78 is 31.1. The zero-order valence-electron chi connectivity index (χ0n) is 34.8. The van der Waals surface area contributed by atoms with Crippen molar-refractivity contribution in [2.24, 2.45) is 22.3 Å². The average Bonchev–Trinajstić information content (AvgIpc) is 3.97. The van der Waals surface area contributed by atoms with Gasteiger partial charge in [0.1, 0.15) is 25.1 Å². The minimum atomic E-state index is -2.67. The van der Waals surface area contributed by atoms with Crippen LogP contribution < -0.4 is 27.0 Å². The Labute approximate surface area is 360 Å². The number of primary amides is 1. The topological polar surface area (TPSA) is 182 Å². The number of nitrogens with one attached hydrogen (secondary N) is 1. The minimum absolute atomic E-state index is 0.0276. The second kappa shape index (κ2) is 18.4. The molecule has 8 rings (SSSR count). The van der Waals surface area contributed by atoms with Crippen LogP contribution in [0, 0.1) is 11.8 Å². The number of nitrogens with two attached hydrogens (primary N) is 1. The van der Waals surface area contributed by atoms with E-state index in [1.807, 2.05) is 103 Å². The molecule has 320 valence electrons. The summed E-state index contributed by atoms with van der Waals surface area (Å²) in [7, 11) is -1.43. The number of imidazole rings is 1. The third-order valence-electron chi connectivity index (χ3n) is 11.7. The van der Waals surface area contributed by atoms with E-state index in [1.54, 1.807) is 6.33 Å². The number of carbonyl (C=O) groups excluding carboxylic acids is 3. The number of amides is 2. The van der Waals surface area contributed by atoms with Crippen LogP contribution in [0.25, 0.3) is 11.2 Å². The zero-order valence-corrected chi connectivity index (χ0v) is 35.7. The van der Waals surface area contributed by atoms with Gasteiger partial charge in [0, 0.05) is 21.8 Å². The molecule has 15 heteroatoms. The summed E-state index contributed by atoms with van der Waals surface area (Å²) in [6, 6.07) is 38.9. The highest BCUT2D eigenvalue weighted by Crippen LogP contribution is 2.52. The predicted octanol–water partition coefficient (Wildman–Crippen LogP) is 6.46. The van der Waals surface area contributed by atoms with Crippen molar-refractivity contribution in [1.82, 2.24) is 24.8 Å². The third kappa shape index (κ3) is 8.90. The number of nitrogens with zero attached hydrogens (tertiary/aromatic N) is 5. The molecule has 2 aromatic heterocycles. The first-order valence-corrected chi connectivity index (χ1v) is 22.5. The highest BCUT2D eigenvalue weighted by atomic mass is 31.2. The average molecular weight is 856 g/mol. The first kappa shape index (κ1) is 42.5. The lowest BCUT2D eigenvalue weighted by Gasteiger charge is -2.26.